The fourth-order valence-corrected chi connectivity index (χ4v) is 6.39. The second kappa shape index (κ2) is 15.6. The van der Waals surface area contributed by atoms with Crippen LogP contribution in [0.3, 0.4) is 0 Å². The molecule has 2 aromatic carbocycles. The number of ether oxygens (including phenoxy) is 2. The molecule has 0 radical (unpaired) electrons. The number of carbonyl (C=O) groups excluding carboxylic acids is 4. The van der Waals surface area contributed by atoms with Gasteiger partial charge in [-0.25, -0.2) is 14.0 Å². The molecule has 2 N–H and O–H groups in total. The van der Waals surface area contributed by atoms with Crippen LogP contribution in [0.15, 0.2) is 47.6 Å². The number of nitrogens with zero attached hydrogens (tertiary/aromatic N) is 4. The number of rotatable bonds is 13. The summed E-state index contributed by atoms with van der Waals surface area (Å²) in [4.78, 5) is 62.6. The van der Waals surface area contributed by atoms with Gasteiger partial charge in [0.2, 0.25) is 5.91 Å². The number of nitrogens with one attached hydrogen (secondary N) is 2. The van der Waals surface area contributed by atoms with Crippen LogP contribution in [0.4, 0.5) is 15.1 Å². The van der Waals surface area contributed by atoms with Crippen molar-refractivity contribution in [3.8, 4) is 5.69 Å². The molecule has 2 amide bonds. The molecule has 0 spiro atoms. The molecule has 0 saturated carbocycles. The molecule has 0 fully saturated rings. The first kappa shape index (κ1) is 35.7. The first-order valence-corrected chi connectivity index (χ1v) is 16.2. The topological polar surface area (TPSA) is 185 Å². The number of aryl methyl sites for hydroxylation is 1. The minimum atomic E-state index is -0.840. The van der Waals surface area contributed by atoms with Crippen LogP contribution in [-0.2, 0) is 20.8 Å². The Hall–Kier alpha value is -5.16. The van der Waals surface area contributed by atoms with Crippen LogP contribution in [-0.4, -0.2) is 61.9 Å². The van der Waals surface area contributed by atoms with Crippen molar-refractivity contribution in [3.63, 3.8) is 0 Å². The van der Waals surface area contributed by atoms with Crippen LogP contribution < -0.4 is 10.6 Å². The molecule has 4 aromatic rings. The minimum Gasteiger partial charge on any atom is -0.462 e. The predicted molar refractivity (Wildman–Crippen MR) is 175 cm³/mol. The number of thioether (sulfide) groups is 1. The van der Waals surface area contributed by atoms with Crippen molar-refractivity contribution >= 4 is 57.5 Å². The molecule has 2 heterocycles. The van der Waals surface area contributed by atoms with E-state index in [0.29, 0.717) is 16.8 Å². The summed E-state index contributed by atoms with van der Waals surface area (Å²) in [5.74, 6) is -2.74. The number of carbonyl (C=O) groups is 4. The third-order valence-electron chi connectivity index (χ3n) is 6.84. The van der Waals surface area contributed by atoms with Crippen molar-refractivity contribution in [1.82, 2.24) is 20.1 Å². The van der Waals surface area contributed by atoms with Gasteiger partial charge in [0.25, 0.3) is 11.6 Å². The molecule has 1 atom stereocenters. The van der Waals surface area contributed by atoms with E-state index in [1.54, 1.807) is 34.6 Å². The Bertz CT molecular complexity index is 1870. The minimum absolute atomic E-state index is 0.0434. The highest BCUT2D eigenvalue weighted by Crippen LogP contribution is 2.35. The van der Waals surface area contributed by atoms with E-state index in [2.05, 4.69) is 20.8 Å². The molecule has 4 rings (SSSR count). The number of nitro groups is 1. The molecule has 0 aliphatic carbocycles. The molecule has 252 valence electrons. The number of aromatic nitrogens is 3. The van der Waals surface area contributed by atoms with E-state index in [1.165, 1.54) is 47.0 Å². The highest BCUT2D eigenvalue weighted by molar-refractivity contribution is 8.00. The van der Waals surface area contributed by atoms with Crippen LogP contribution in [0, 0.1) is 29.8 Å². The lowest BCUT2D eigenvalue weighted by molar-refractivity contribution is -0.385. The van der Waals surface area contributed by atoms with Gasteiger partial charge in [-0.05, 0) is 70.5 Å². The number of esters is 2. The van der Waals surface area contributed by atoms with Gasteiger partial charge < -0.3 is 20.1 Å². The number of anilines is 1. The van der Waals surface area contributed by atoms with Crippen molar-refractivity contribution in [2.45, 2.75) is 51.6 Å². The number of benzene rings is 2. The molecule has 14 nitrogen and oxygen atoms in total. The van der Waals surface area contributed by atoms with Crippen molar-refractivity contribution in [2.24, 2.45) is 0 Å². The largest absolute Gasteiger partial charge is 0.462 e. The lowest BCUT2D eigenvalue weighted by atomic mass is 10.1. The number of hydrogen-bond acceptors (Lipinski definition) is 12. The van der Waals surface area contributed by atoms with Gasteiger partial charge in [0.15, 0.2) is 11.0 Å². The maximum Gasteiger partial charge on any atom is 0.348 e. The average molecular weight is 699 g/mol. The van der Waals surface area contributed by atoms with E-state index in [4.69, 9.17) is 9.47 Å². The number of thiophene rings is 1. The van der Waals surface area contributed by atoms with Gasteiger partial charge in [-0.2, -0.15) is 0 Å². The van der Waals surface area contributed by atoms with Gasteiger partial charge in [0.05, 0.1) is 35.5 Å². The summed E-state index contributed by atoms with van der Waals surface area (Å²) in [6.07, 6.45) is 0. The first-order valence-electron chi connectivity index (χ1n) is 14.5. The van der Waals surface area contributed by atoms with Crippen molar-refractivity contribution in [1.29, 1.82) is 0 Å². The van der Waals surface area contributed by atoms with Crippen LogP contribution in [0.1, 0.15) is 68.1 Å². The fraction of sp³-hybridized carbons (Fsp3) is 0.290. The molecular weight excluding hydrogens is 668 g/mol. The normalized spacial score (nSPS) is 11.5. The monoisotopic (exact) mass is 698 g/mol. The second-order valence-corrected chi connectivity index (χ2v) is 12.4. The summed E-state index contributed by atoms with van der Waals surface area (Å²) in [5.41, 5.74) is 1.06. The van der Waals surface area contributed by atoms with Gasteiger partial charge >= 0.3 is 11.9 Å². The van der Waals surface area contributed by atoms with Crippen molar-refractivity contribution in [3.05, 3.63) is 91.4 Å². The second-order valence-electron chi connectivity index (χ2n) is 10.1. The quantitative estimate of drug-likeness (QED) is 0.0789. The Kier molecular flexibility index (Phi) is 11.6. The van der Waals surface area contributed by atoms with Crippen LogP contribution in [0.25, 0.3) is 5.69 Å². The lowest BCUT2D eigenvalue weighted by Gasteiger charge is -2.14. The molecule has 0 unspecified atom stereocenters. The fourth-order valence-electron chi connectivity index (χ4n) is 4.42. The number of amides is 2. The number of nitro benzene ring substituents is 1. The zero-order valence-corrected chi connectivity index (χ0v) is 28.1. The molecule has 0 bridgehead atoms. The Balaban J connectivity index is 1.59. The smallest absolute Gasteiger partial charge is 0.348 e. The van der Waals surface area contributed by atoms with Gasteiger partial charge in [-0.3, -0.25) is 24.3 Å². The molecule has 48 heavy (non-hydrogen) atoms. The summed E-state index contributed by atoms with van der Waals surface area (Å²) < 4.78 is 25.6. The summed E-state index contributed by atoms with van der Waals surface area (Å²) in [5, 5.41) is 24.6. The summed E-state index contributed by atoms with van der Waals surface area (Å²) in [6, 6.07) is 9.51. The highest BCUT2D eigenvalue weighted by atomic mass is 32.2. The molecule has 0 aliphatic heterocycles. The van der Waals surface area contributed by atoms with E-state index in [9.17, 15) is 33.7 Å². The zero-order chi connectivity index (χ0) is 35.1. The van der Waals surface area contributed by atoms with Crippen molar-refractivity contribution in [2.75, 3.05) is 18.5 Å². The lowest BCUT2D eigenvalue weighted by Crippen LogP contribution is -2.25. The first-order chi connectivity index (χ1) is 22.9. The summed E-state index contributed by atoms with van der Waals surface area (Å²) >= 11 is 1.89. The molecule has 0 aliphatic rings. The zero-order valence-electron chi connectivity index (χ0n) is 26.5. The maximum absolute atomic E-state index is 13.8. The molecular formula is C31H31FN6O8S2. The molecule has 0 saturated heterocycles. The van der Waals surface area contributed by atoms with Gasteiger partial charge in [0.1, 0.15) is 15.7 Å². The van der Waals surface area contributed by atoms with E-state index < -0.39 is 39.7 Å². The maximum atomic E-state index is 13.8. The predicted octanol–water partition coefficient (Wildman–Crippen LogP) is 5.40. The Labute approximate surface area is 282 Å². The van der Waals surface area contributed by atoms with Crippen molar-refractivity contribution < 1.29 is 38.0 Å². The Morgan fingerprint density at radius 1 is 1.04 bits per heavy atom. The standard InChI is InChI=1S/C31H31FN6O8S2/c1-6-45-29(41)24-17(4)25(30(42)46-7-2)48-28(24)34-26(39)18(5)47-31-36-35-23(37(31)21-12-10-20(32)11-13-21)15-33-27(40)19-9-8-16(3)22(14-19)38(43)44/h8-14,18H,6-7,15H2,1-5H3,(H,33,40)(H,34,39)/t18-/m1/s1. The van der Waals surface area contributed by atoms with Gasteiger partial charge in [-0.15, -0.1) is 21.5 Å². The molecule has 17 heteroatoms. The third kappa shape index (κ3) is 8.03. The summed E-state index contributed by atoms with van der Waals surface area (Å²) in [7, 11) is 0. The van der Waals surface area contributed by atoms with E-state index in [-0.39, 0.29) is 57.4 Å². The number of hydrogen-bond donors (Lipinski definition) is 2. The van der Waals surface area contributed by atoms with E-state index >= 15 is 0 Å². The highest BCUT2D eigenvalue weighted by Gasteiger charge is 2.29. The van der Waals surface area contributed by atoms with E-state index in [0.717, 1.165) is 23.1 Å². The Morgan fingerprint density at radius 3 is 2.35 bits per heavy atom. The average Bonchev–Trinajstić information content (AvgIpc) is 3.60. The molecule has 2 aromatic heterocycles. The summed E-state index contributed by atoms with van der Waals surface area (Å²) in [6.45, 7) is 8.03. The van der Waals surface area contributed by atoms with Crippen LogP contribution in [0.2, 0.25) is 0 Å². The van der Waals surface area contributed by atoms with Crippen LogP contribution in [0.5, 0.6) is 0 Å². The Morgan fingerprint density at radius 2 is 1.71 bits per heavy atom. The van der Waals surface area contributed by atoms with Gasteiger partial charge in [-0.1, -0.05) is 17.8 Å². The van der Waals surface area contributed by atoms with E-state index in [1.807, 2.05) is 0 Å². The van der Waals surface area contributed by atoms with Gasteiger partial charge in [0, 0.05) is 22.9 Å². The number of halogens is 1. The third-order valence-corrected chi connectivity index (χ3v) is 9.07. The SMILES string of the molecule is CCOC(=O)c1sc(NC(=O)[C@@H](C)Sc2nnc(CNC(=O)c3ccc(C)c([N+](=O)[O-])c3)n2-c2ccc(F)cc2)c(C(=O)OCC)c1C. The van der Waals surface area contributed by atoms with Crippen LogP contribution >= 0.6 is 23.1 Å².